The van der Waals surface area contributed by atoms with Gasteiger partial charge in [-0.15, -0.1) is 0 Å². The first-order valence-electron chi connectivity index (χ1n) is 8.82. The van der Waals surface area contributed by atoms with Gasteiger partial charge in [-0.3, -0.25) is 9.59 Å². The Kier molecular flexibility index (Phi) is 5.97. The average Bonchev–Trinajstić information content (AvgIpc) is 2.76. The Morgan fingerprint density at radius 2 is 1.76 bits per heavy atom. The monoisotopic (exact) mass is 338 g/mol. The fraction of sp³-hybridized carbons (Fsp3) is 0.333. The Labute approximate surface area is 149 Å². The van der Waals surface area contributed by atoms with E-state index in [1.807, 2.05) is 38.1 Å². The lowest BCUT2D eigenvalue weighted by molar-refractivity contribution is -0.139. The number of benzene rings is 1. The van der Waals surface area contributed by atoms with Gasteiger partial charge < -0.3 is 10.6 Å². The Morgan fingerprint density at radius 1 is 1.12 bits per heavy atom. The highest BCUT2D eigenvalue weighted by Crippen LogP contribution is 2.33. The molecule has 1 saturated heterocycles. The van der Waals surface area contributed by atoms with Crippen LogP contribution in [0.15, 0.2) is 58.8 Å². The summed E-state index contributed by atoms with van der Waals surface area (Å²) in [5.74, 6) is -0.855. The van der Waals surface area contributed by atoms with Crippen molar-refractivity contribution >= 4 is 17.4 Å². The molecular weight excluding hydrogens is 312 g/mol. The van der Waals surface area contributed by atoms with Crippen molar-refractivity contribution in [2.75, 3.05) is 5.73 Å². The zero-order valence-electron chi connectivity index (χ0n) is 15.4. The van der Waals surface area contributed by atoms with Crippen molar-refractivity contribution < 1.29 is 9.59 Å². The Bertz CT molecular complexity index is 768. The number of rotatable bonds is 3. The number of anilines is 1. The van der Waals surface area contributed by atoms with E-state index in [9.17, 15) is 9.59 Å². The van der Waals surface area contributed by atoms with E-state index in [1.165, 1.54) is 11.1 Å². The molecular formula is C21H26N2O2. The maximum Gasteiger partial charge on any atom is 0.299 e. The van der Waals surface area contributed by atoms with Crippen LogP contribution in [0.2, 0.25) is 0 Å². The summed E-state index contributed by atoms with van der Waals surface area (Å²) in [6, 6.07) is 7.37. The van der Waals surface area contributed by atoms with Crippen LogP contribution < -0.4 is 5.73 Å². The summed E-state index contributed by atoms with van der Waals surface area (Å²) < 4.78 is 0. The molecule has 0 saturated carbocycles. The Hall–Kier alpha value is -2.62. The minimum Gasteiger partial charge on any atom is -0.399 e. The lowest BCUT2D eigenvalue weighted by Gasteiger charge is -2.18. The van der Waals surface area contributed by atoms with Gasteiger partial charge in [0, 0.05) is 11.3 Å². The first-order chi connectivity index (χ1) is 12.0. The maximum absolute atomic E-state index is 12.4. The number of hydrogen-bond donors (Lipinski definition) is 1. The van der Waals surface area contributed by atoms with E-state index in [0.29, 0.717) is 24.2 Å². The summed E-state index contributed by atoms with van der Waals surface area (Å²) in [6.07, 6.45) is 5.48. The number of carbonyl (C=O) groups excluding carboxylic acids is 2. The number of nitrogens with two attached hydrogens (primary N) is 1. The molecule has 2 aliphatic rings. The molecule has 25 heavy (non-hydrogen) atoms. The number of likely N-dealkylation sites (tertiary alicyclic amines) is 1. The van der Waals surface area contributed by atoms with Crippen molar-refractivity contribution in [2.45, 2.75) is 47.1 Å². The third-order valence-corrected chi connectivity index (χ3v) is 4.42. The molecule has 0 radical (unpaired) electrons. The van der Waals surface area contributed by atoms with Crippen molar-refractivity contribution in [3.63, 3.8) is 0 Å². The van der Waals surface area contributed by atoms with E-state index in [2.05, 4.69) is 13.8 Å². The molecule has 1 heterocycles. The molecule has 1 aliphatic carbocycles. The van der Waals surface area contributed by atoms with Crippen LogP contribution in [0.5, 0.6) is 0 Å². The highest BCUT2D eigenvalue weighted by atomic mass is 16.2. The molecule has 3 rings (SSSR count). The summed E-state index contributed by atoms with van der Waals surface area (Å²) in [6.45, 7) is 8.54. The molecule has 4 nitrogen and oxygen atoms in total. The van der Waals surface area contributed by atoms with E-state index in [1.54, 1.807) is 17.0 Å². The van der Waals surface area contributed by atoms with Crippen LogP contribution in [-0.4, -0.2) is 16.6 Å². The van der Waals surface area contributed by atoms with Crippen molar-refractivity contribution in [1.29, 1.82) is 0 Å². The zero-order valence-corrected chi connectivity index (χ0v) is 15.4. The maximum atomic E-state index is 12.4. The number of hydrogen-bond acceptors (Lipinski definition) is 3. The summed E-state index contributed by atoms with van der Waals surface area (Å²) in [5.41, 5.74) is 11.0. The second kappa shape index (κ2) is 7.97. The van der Waals surface area contributed by atoms with Crippen molar-refractivity contribution in [2.24, 2.45) is 0 Å². The van der Waals surface area contributed by atoms with E-state index < -0.39 is 11.7 Å². The van der Waals surface area contributed by atoms with Crippen molar-refractivity contribution in [3.05, 3.63) is 64.4 Å². The largest absolute Gasteiger partial charge is 0.399 e. The number of amides is 1. The summed E-state index contributed by atoms with van der Waals surface area (Å²) >= 11 is 0. The van der Waals surface area contributed by atoms with Gasteiger partial charge in [0.25, 0.3) is 11.7 Å². The van der Waals surface area contributed by atoms with Crippen LogP contribution in [0, 0.1) is 0 Å². The first-order valence-corrected chi connectivity index (χ1v) is 8.82. The standard InChI is InChI=1S/C19H20N2O2.C2H6/c1-3-14-10-17-16(9-4-12(14)2)18(22)19(23)21(17)11-13-5-7-15(20)8-6-13;1-2/h5-10H,3-4,11,20H2,1-2H3;1-2H3. The molecule has 2 N–H and O–H groups in total. The first kappa shape index (κ1) is 18.7. The smallest absolute Gasteiger partial charge is 0.299 e. The van der Waals surface area contributed by atoms with Gasteiger partial charge in [0.2, 0.25) is 0 Å². The van der Waals surface area contributed by atoms with Crippen LogP contribution in [0.25, 0.3) is 0 Å². The van der Waals surface area contributed by atoms with Gasteiger partial charge in [0.05, 0.1) is 12.2 Å². The van der Waals surface area contributed by atoms with E-state index in [0.717, 1.165) is 17.7 Å². The highest BCUT2D eigenvalue weighted by Gasteiger charge is 2.39. The molecule has 0 spiro atoms. The van der Waals surface area contributed by atoms with E-state index in [4.69, 9.17) is 5.73 Å². The fourth-order valence-electron chi connectivity index (χ4n) is 3.00. The van der Waals surface area contributed by atoms with Gasteiger partial charge in [0.1, 0.15) is 0 Å². The molecule has 1 amide bonds. The fourth-order valence-corrected chi connectivity index (χ4v) is 3.00. The topological polar surface area (TPSA) is 63.4 Å². The van der Waals surface area contributed by atoms with Gasteiger partial charge in [-0.1, -0.05) is 44.6 Å². The third kappa shape index (κ3) is 3.73. The minimum absolute atomic E-state index is 0.379. The predicted molar refractivity (Wildman–Crippen MR) is 102 cm³/mol. The van der Waals surface area contributed by atoms with Crippen LogP contribution >= 0.6 is 0 Å². The molecule has 0 bridgehead atoms. The van der Waals surface area contributed by atoms with Gasteiger partial charge in [-0.25, -0.2) is 0 Å². The van der Waals surface area contributed by atoms with E-state index in [-0.39, 0.29) is 0 Å². The van der Waals surface area contributed by atoms with Crippen LogP contribution in [-0.2, 0) is 16.1 Å². The number of ketones is 1. The SMILES string of the molecule is CC.CCC1=C(C)CC=C2C(=O)C(=O)N(Cc3ccc(N)cc3)C2=C1. The Balaban J connectivity index is 0.00000109. The second-order valence-corrected chi connectivity index (χ2v) is 5.97. The number of nitrogen functional groups attached to an aromatic ring is 1. The normalized spacial score (nSPS) is 16.7. The third-order valence-electron chi connectivity index (χ3n) is 4.42. The number of allylic oxidation sites excluding steroid dienone is 5. The summed E-state index contributed by atoms with van der Waals surface area (Å²) in [5, 5.41) is 0. The molecule has 0 unspecified atom stereocenters. The predicted octanol–water partition coefficient (Wildman–Crippen LogP) is 4.15. The lowest BCUT2D eigenvalue weighted by atomic mass is 10.1. The Morgan fingerprint density at radius 3 is 2.36 bits per heavy atom. The summed E-state index contributed by atoms with van der Waals surface area (Å²) in [7, 11) is 0. The number of carbonyl (C=O) groups is 2. The van der Waals surface area contributed by atoms with Crippen molar-refractivity contribution in [1.82, 2.24) is 4.90 Å². The number of Topliss-reactive ketones (excluding diaryl/α,β-unsaturated/α-hetero) is 1. The van der Waals surface area contributed by atoms with Gasteiger partial charge in [0.15, 0.2) is 0 Å². The molecule has 4 heteroatoms. The van der Waals surface area contributed by atoms with Gasteiger partial charge in [-0.2, -0.15) is 0 Å². The number of nitrogens with zero attached hydrogens (tertiary/aromatic N) is 1. The lowest BCUT2D eigenvalue weighted by Crippen LogP contribution is -2.26. The zero-order chi connectivity index (χ0) is 18.6. The molecule has 0 atom stereocenters. The second-order valence-electron chi connectivity index (χ2n) is 5.97. The minimum atomic E-state index is -0.450. The molecule has 1 fully saturated rings. The summed E-state index contributed by atoms with van der Waals surface area (Å²) in [4.78, 5) is 26.3. The van der Waals surface area contributed by atoms with E-state index >= 15 is 0 Å². The highest BCUT2D eigenvalue weighted by molar-refractivity contribution is 6.47. The number of fused-ring (bicyclic) bond motifs is 1. The average molecular weight is 338 g/mol. The van der Waals surface area contributed by atoms with Gasteiger partial charge in [-0.05, 0) is 49.1 Å². The van der Waals surface area contributed by atoms with Crippen molar-refractivity contribution in [3.8, 4) is 0 Å². The molecule has 1 aliphatic heterocycles. The van der Waals surface area contributed by atoms with Gasteiger partial charge >= 0.3 is 0 Å². The molecule has 1 aromatic rings. The van der Waals surface area contributed by atoms with Crippen LogP contribution in [0.1, 0.15) is 46.1 Å². The molecule has 0 aromatic heterocycles. The quantitative estimate of drug-likeness (QED) is 0.665. The molecule has 132 valence electrons. The van der Waals surface area contributed by atoms with Crippen LogP contribution in [0.4, 0.5) is 5.69 Å². The molecule has 1 aromatic carbocycles. The van der Waals surface area contributed by atoms with Crippen LogP contribution in [0.3, 0.4) is 0 Å².